The minimum absolute atomic E-state index is 0.0237. The van der Waals surface area contributed by atoms with Crippen LogP contribution >= 0.6 is 63.7 Å². The summed E-state index contributed by atoms with van der Waals surface area (Å²) in [7, 11) is -11.4. The number of carbonyl (C=O) groups excluding carboxylic acids is 4. The minimum atomic E-state index is -3.64. The molecule has 135 heavy (non-hydrogen) atoms. The van der Waals surface area contributed by atoms with Gasteiger partial charge in [0.25, 0.3) is 5.69 Å². The van der Waals surface area contributed by atoms with E-state index in [1.807, 2.05) is 157 Å². The van der Waals surface area contributed by atoms with Crippen LogP contribution in [0.15, 0.2) is 133 Å². The van der Waals surface area contributed by atoms with Crippen LogP contribution < -0.4 is 24.6 Å². The van der Waals surface area contributed by atoms with Crippen LogP contribution in [-0.2, 0) is 120 Å². The van der Waals surface area contributed by atoms with Crippen LogP contribution in [0, 0.1) is 79.4 Å². The Kier molecular flexibility index (Phi) is 42.6. The van der Waals surface area contributed by atoms with Crippen molar-refractivity contribution in [2.45, 2.75) is 245 Å². The van der Waals surface area contributed by atoms with Crippen LogP contribution in [-0.4, -0.2) is 141 Å². The van der Waals surface area contributed by atoms with Gasteiger partial charge in [0, 0.05) is 63.5 Å². The van der Waals surface area contributed by atoms with E-state index >= 15 is 0 Å². The molecule has 0 aromatic heterocycles. The quantitative estimate of drug-likeness (QED) is 0.00833. The van der Waals surface area contributed by atoms with Crippen LogP contribution in [0.3, 0.4) is 0 Å². The van der Waals surface area contributed by atoms with Gasteiger partial charge < -0.3 is 53.5 Å². The number of rotatable bonds is 29. The van der Waals surface area contributed by atoms with Gasteiger partial charge in [0.05, 0.1) is 94.9 Å². The van der Waals surface area contributed by atoms with E-state index in [-0.39, 0.29) is 18.9 Å². The number of nitrogen functional groups attached to an aromatic ring is 1. The highest BCUT2D eigenvalue weighted by atomic mass is 79.9. The Hall–Kier alpha value is -8.97. The highest BCUT2D eigenvalue weighted by molar-refractivity contribution is 9.11. The number of anilines is 5. The predicted octanol–water partition coefficient (Wildman–Crippen LogP) is 21.4. The minimum Gasteiger partial charge on any atom is -0.479 e. The van der Waals surface area contributed by atoms with E-state index in [9.17, 15) is 72.9 Å². The lowest BCUT2D eigenvalue weighted by molar-refractivity contribution is -0.384. The monoisotopic (exact) mass is 2210 g/mol. The number of ether oxygens (including phenoxy) is 9. The number of nitrogens with two attached hydrogens (primary N) is 1. The highest BCUT2D eigenvalue weighted by Gasteiger charge is 2.39. The summed E-state index contributed by atoms with van der Waals surface area (Å²) in [6.45, 7) is 45.3. The van der Waals surface area contributed by atoms with Crippen LogP contribution in [0.2, 0.25) is 0 Å². The molecule has 744 valence electrons. The molecule has 0 fully saturated rings. The molecule has 0 aliphatic heterocycles. The number of hydrogen-bond donors (Lipinski definition) is 6. The lowest BCUT2D eigenvalue weighted by atomic mass is 9.87. The van der Waals surface area contributed by atoms with Gasteiger partial charge in [-0.1, -0.05) is 124 Å². The van der Waals surface area contributed by atoms with Crippen molar-refractivity contribution in [3.63, 3.8) is 0 Å². The lowest BCUT2D eigenvalue weighted by Gasteiger charge is -2.30. The second-order valence-electron chi connectivity index (χ2n) is 37.0. The molecule has 0 unspecified atom stereocenters. The Labute approximate surface area is 829 Å². The first-order valence-corrected chi connectivity index (χ1v) is 52.7. The van der Waals surface area contributed by atoms with Gasteiger partial charge in [0.1, 0.15) is 13.2 Å². The topological polar surface area (TPSA) is 442 Å². The maximum Gasteiger partial charge on any atom is 0.340 e. The number of nitrogens with zero attached hydrogens (tertiary/aromatic N) is 1. The number of aliphatic carboxylic acids is 1. The van der Waals surface area contributed by atoms with Crippen molar-refractivity contribution in [3.8, 4) is 11.1 Å². The zero-order valence-corrected chi connectivity index (χ0v) is 91.8. The molecule has 5 atom stereocenters. The standard InChI is InChI=1S/C28H32N2O7S.C22H28BrNO5S.C16H24BrNO5S.C15H22BrNO5S.C15H22BrNO3/c1-18-16-23(29-38(6,34)35)19(2)25(24(18)21-12-14-22(15-13-21)30(32)33)26(37-28(3,4)5)27(31)36-17-20-10-8-7-9-11-20;1-14-12-17(24-30(6,26)27)15(2)18(19(14)23)20(29-22(3,4)5)21(25)28-13-16-10-8-7-9-11-16;1-9-8-11(18-24(7,20)21)10(2)12(13(9)17)14(15(19)22-6)23-16(3,4)5;1-8-7-10(17-23(6,20)21)9(2)11(12(8)16)13(14(18)19)22-15(3,4)5;1-8-7-10(17)9(2)11(12(8)16)13(14(18)19-6)20-15(3,4)5/h7-16,26,29H,17H2,1-6H3;7-12,20,24H,13H2,1-6H3;8,14,18H,1-7H3;7,13,17H,1-6H3,(H,18,19);7,13H,17H2,1-6H3/t26-;20-;14-;2*13-/m00000/s1. The molecule has 0 saturated heterocycles. The summed E-state index contributed by atoms with van der Waals surface area (Å²) in [6, 6.07) is 33.1. The zero-order valence-electron chi connectivity index (χ0n) is 82.2. The third-order valence-electron chi connectivity index (χ3n) is 19.0. The number of non-ortho nitro benzene ring substituents is 1. The van der Waals surface area contributed by atoms with Gasteiger partial charge in [-0.15, -0.1) is 0 Å². The van der Waals surface area contributed by atoms with Gasteiger partial charge in [0.15, 0.2) is 30.5 Å². The number of carbonyl (C=O) groups is 5. The van der Waals surface area contributed by atoms with Crippen molar-refractivity contribution < 1.29 is 110 Å². The number of hydrogen-bond acceptors (Lipinski definition) is 25. The smallest absolute Gasteiger partial charge is 0.340 e. The summed E-state index contributed by atoms with van der Waals surface area (Å²) in [4.78, 5) is 73.5. The molecule has 0 heterocycles. The van der Waals surface area contributed by atoms with E-state index in [0.717, 1.165) is 68.4 Å². The number of carboxylic acid groups (broad SMARTS) is 1. The number of nitro groups is 1. The average molecular weight is 2210 g/mol. The largest absolute Gasteiger partial charge is 0.479 e. The second-order valence-corrected chi connectivity index (χ2v) is 47.2. The van der Waals surface area contributed by atoms with E-state index < -0.39 is 133 Å². The summed E-state index contributed by atoms with van der Waals surface area (Å²) >= 11 is 14.0. The van der Waals surface area contributed by atoms with Gasteiger partial charge in [-0.05, 0) is 293 Å². The van der Waals surface area contributed by atoms with Crippen molar-refractivity contribution in [2.75, 3.05) is 63.9 Å². The second kappa shape index (κ2) is 48.6. The summed E-state index contributed by atoms with van der Waals surface area (Å²) < 4.78 is 158. The molecule has 0 bridgehead atoms. The first-order valence-electron chi connectivity index (χ1n) is 41.9. The Morgan fingerprint density at radius 3 is 0.889 bits per heavy atom. The summed E-state index contributed by atoms with van der Waals surface area (Å²) in [5, 5.41) is 20.8. The Bertz CT molecular complexity index is 6070. The predicted molar refractivity (Wildman–Crippen MR) is 543 cm³/mol. The van der Waals surface area contributed by atoms with E-state index in [1.54, 1.807) is 119 Å². The first-order chi connectivity index (χ1) is 61.5. The van der Waals surface area contributed by atoms with Crippen molar-refractivity contribution in [2.24, 2.45) is 0 Å². The number of esters is 4. The van der Waals surface area contributed by atoms with Crippen LogP contribution in [0.25, 0.3) is 11.1 Å². The van der Waals surface area contributed by atoms with Crippen LogP contribution in [0.5, 0.6) is 0 Å². The number of benzene rings is 8. The third-order valence-corrected chi connectivity index (χ3v) is 25.6. The van der Waals surface area contributed by atoms with Crippen molar-refractivity contribution in [1.82, 2.24) is 0 Å². The Morgan fingerprint density at radius 1 is 0.378 bits per heavy atom. The number of nitro benzene ring substituents is 1. The molecule has 0 amide bonds. The number of carboxylic acids is 1. The number of methoxy groups -OCH3 is 2. The van der Waals surface area contributed by atoms with Gasteiger partial charge >= 0.3 is 29.8 Å². The summed E-state index contributed by atoms with van der Waals surface area (Å²) in [5.74, 6) is -3.32. The molecule has 0 aliphatic rings. The van der Waals surface area contributed by atoms with Gasteiger partial charge in [-0.2, -0.15) is 0 Å². The normalized spacial score (nSPS) is 13.1. The molecule has 0 saturated carbocycles. The van der Waals surface area contributed by atoms with Crippen molar-refractivity contribution in [3.05, 3.63) is 238 Å². The van der Waals surface area contributed by atoms with Crippen molar-refractivity contribution in [1.29, 1.82) is 0 Å². The zero-order chi connectivity index (χ0) is 104. The molecule has 0 aliphatic carbocycles. The van der Waals surface area contributed by atoms with E-state index in [1.165, 1.54) is 26.4 Å². The lowest BCUT2D eigenvalue weighted by Crippen LogP contribution is -2.30. The fourth-order valence-electron chi connectivity index (χ4n) is 13.3. The Morgan fingerprint density at radius 2 is 0.622 bits per heavy atom. The van der Waals surface area contributed by atoms with E-state index in [2.05, 4.69) is 82.6 Å². The molecule has 8 aromatic carbocycles. The van der Waals surface area contributed by atoms with E-state index in [0.29, 0.717) is 109 Å². The third kappa shape index (κ3) is 37.7. The first kappa shape index (κ1) is 118. The number of halogens is 4. The molecular formula is C96H128Br4N6O25S4. The molecule has 8 aromatic rings. The average Bonchev–Trinajstić information content (AvgIpc) is 0.766. The van der Waals surface area contributed by atoms with Crippen molar-refractivity contribution >= 4 is 168 Å². The fraction of sp³-hybridized carbons (Fsp3) is 0.448. The number of sulfonamides is 4. The molecular weight excluding hydrogens is 2080 g/mol. The molecule has 0 spiro atoms. The van der Waals surface area contributed by atoms with Gasteiger partial charge in [-0.25, -0.2) is 57.6 Å². The molecule has 8 rings (SSSR count). The van der Waals surface area contributed by atoms with Gasteiger partial charge in [0.2, 0.25) is 40.1 Å². The van der Waals surface area contributed by atoms with Crippen LogP contribution in [0.1, 0.15) is 229 Å². The SMILES string of the molecule is COC(=O)[C@@H](OC(C)(C)C)c1c(C)c(N)cc(C)c1Br.COC(=O)[C@@H](OC(C)(C)C)c1c(C)c(NS(C)(=O)=O)cc(C)c1Br.Cc1cc(NS(C)(=O)=O)c(C)c([C@H](OC(C)(C)C)C(=O)O)c1Br.Cc1cc(NS(C)(=O)=O)c(C)c([C@H](OC(C)(C)C)C(=O)OCc2ccccc2)c1-c1ccc([N+](=O)[O-])cc1.Cc1cc(NS(C)(=O)=O)c(C)c([C@H](OC(C)(C)C)C(=O)OCc2ccccc2)c1Br. The highest BCUT2D eigenvalue weighted by Crippen LogP contribution is 2.46. The maximum atomic E-state index is 13.6. The molecule has 0 radical (unpaired) electrons. The molecule has 7 N–H and O–H groups in total. The fourth-order valence-corrected chi connectivity index (χ4v) is 18.2. The van der Waals surface area contributed by atoms with E-state index in [4.69, 9.17) is 48.4 Å². The Balaban J connectivity index is 0.000000360. The molecule has 31 nitrogen and oxygen atoms in total. The number of nitrogens with one attached hydrogen (secondary N) is 4. The maximum absolute atomic E-state index is 13.6. The summed E-state index contributed by atoms with van der Waals surface area (Å²) in [5.41, 5.74) is 17.1. The number of aryl methyl sites for hydroxylation is 5. The molecule has 39 heteroatoms. The van der Waals surface area contributed by atoms with Gasteiger partial charge in [-0.3, -0.25) is 29.0 Å². The van der Waals surface area contributed by atoms with Crippen LogP contribution in [0.4, 0.5) is 34.1 Å². The summed E-state index contributed by atoms with van der Waals surface area (Å²) in [6.07, 6.45) is -1.02.